The van der Waals surface area contributed by atoms with Crippen LogP contribution in [0.3, 0.4) is 0 Å². The fourth-order valence-electron chi connectivity index (χ4n) is 3.40. The van der Waals surface area contributed by atoms with Crippen molar-refractivity contribution in [3.05, 3.63) is 60.7 Å². The van der Waals surface area contributed by atoms with E-state index in [2.05, 4.69) is 9.97 Å². The molecule has 7 nitrogen and oxygen atoms in total. The molecule has 0 spiro atoms. The molecule has 26 heavy (non-hydrogen) atoms. The number of likely N-dealkylation sites (N-methyl/N-ethyl adjacent to an activating group) is 1. The first-order valence-electron chi connectivity index (χ1n) is 8.66. The molecule has 1 saturated heterocycles. The Bertz CT molecular complexity index is 920. The number of anilines is 1. The highest BCUT2D eigenvalue weighted by atomic mass is 16.2. The molecule has 7 heteroatoms. The zero-order valence-corrected chi connectivity index (χ0v) is 14.4. The lowest BCUT2D eigenvalue weighted by molar-refractivity contribution is -0.120. The van der Waals surface area contributed by atoms with Crippen molar-refractivity contribution in [3.8, 4) is 0 Å². The number of amides is 2. The zero-order valence-electron chi connectivity index (χ0n) is 14.4. The van der Waals surface area contributed by atoms with Gasteiger partial charge >= 0.3 is 0 Å². The molecule has 0 radical (unpaired) electrons. The van der Waals surface area contributed by atoms with Gasteiger partial charge in [0.2, 0.25) is 11.7 Å². The Balaban J connectivity index is 1.59. The highest BCUT2D eigenvalue weighted by Crippen LogP contribution is 2.25. The monoisotopic (exact) mass is 349 g/mol. The second kappa shape index (κ2) is 6.59. The van der Waals surface area contributed by atoms with Gasteiger partial charge in [0.25, 0.3) is 5.91 Å². The first-order chi connectivity index (χ1) is 12.7. The van der Waals surface area contributed by atoms with E-state index in [4.69, 9.17) is 0 Å². The van der Waals surface area contributed by atoms with Gasteiger partial charge in [-0.25, -0.2) is 9.97 Å². The molecule has 1 aliphatic heterocycles. The van der Waals surface area contributed by atoms with Gasteiger partial charge in [-0.1, -0.05) is 18.2 Å². The maximum Gasteiger partial charge on any atom is 0.274 e. The van der Waals surface area contributed by atoms with E-state index in [9.17, 15) is 9.59 Å². The number of aromatic nitrogens is 3. The van der Waals surface area contributed by atoms with E-state index >= 15 is 0 Å². The molecule has 0 saturated carbocycles. The van der Waals surface area contributed by atoms with Crippen LogP contribution >= 0.6 is 0 Å². The molecule has 1 aliphatic rings. The number of nitrogens with zero attached hydrogens (tertiary/aromatic N) is 5. The predicted octanol–water partition coefficient (Wildman–Crippen LogP) is 2.00. The molecule has 1 aromatic carbocycles. The van der Waals surface area contributed by atoms with E-state index in [0.29, 0.717) is 31.0 Å². The van der Waals surface area contributed by atoms with E-state index in [1.54, 1.807) is 38.9 Å². The third-order valence-corrected chi connectivity index (χ3v) is 4.68. The van der Waals surface area contributed by atoms with Crippen molar-refractivity contribution in [1.29, 1.82) is 0 Å². The number of hydrogen-bond acceptors (Lipinski definition) is 4. The number of carbonyl (C=O) groups excluding carboxylic acids is 2. The molecule has 3 aromatic rings. The van der Waals surface area contributed by atoms with Crippen LogP contribution in [0.2, 0.25) is 0 Å². The zero-order chi connectivity index (χ0) is 18.1. The summed E-state index contributed by atoms with van der Waals surface area (Å²) in [5.41, 5.74) is 1.16. The first kappa shape index (κ1) is 16.3. The summed E-state index contributed by atoms with van der Waals surface area (Å²) >= 11 is 0. The lowest BCUT2D eigenvalue weighted by Crippen LogP contribution is -2.45. The Morgan fingerprint density at radius 2 is 2.08 bits per heavy atom. The van der Waals surface area contributed by atoms with E-state index in [0.717, 1.165) is 5.69 Å². The van der Waals surface area contributed by atoms with E-state index in [1.807, 2.05) is 37.3 Å². The smallest absolute Gasteiger partial charge is 0.274 e. The van der Waals surface area contributed by atoms with Gasteiger partial charge in [0, 0.05) is 37.4 Å². The van der Waals surface area contributed by atoms with Gasteiger partial charge in [0.15, 0.2) is 0 Å². The number of benzene rings is 1. The lowest BCUT2D eigenvalue weighted by atomic mass is 10.2. The molecule has 2 amide bonds. The summed E-state index contributed by atoms with van der Waals surface area (Å²) < 4.78 is 1.70. The summed E-state index contributed by atoms with van der Waals surface area (Å²) in [5.74, 6) is 0.176. The maximum absolute atomic E-state index is 13.0. The first-order valence-corrected chi connectivity index (χ1v) is 8.66. The third kappa shape index (κ3) is 2.71. The number of para-hydroxylation sites is 1. The van der Waals surface area contributed by atoms with Crippen LogP contribution in [-0.4, -0.2) is 50.2 Å². The molecule has 1 atom stereocenters. The minimum Gasteiger partial charge on any atom is -0.325 e. The third-order valence-electron chi connectivity index (χ3n) is 4.68. The highest BCUT2D eigenvalue weighted by molar-refractivity contribution is 6.03. The van der Waals surface area contributed by atoms with E-state index in [-0.39, 0.29) is 11.8 Å². The van der Waals surface area contributed by atoms with Gasteiger partial charge in [-0.05, 0) is 31.5 Å². The van der Waals surface area contributed by atoms with Crippen LogP contribution in [0.4, 0.5) is 5.69 Å². The Hall–Kier alpha value is -3.22. The molecule has 1 fully saturated rings. The van der Waals surface area contributed by atoms with Gasteiger partial charge in [0.1, 0.15) is 11.7 Å². The van der Waals surface area contributed by atoms with Crippen molar-refractivity contribution in [1.82, 2.24) is 19.3 Å². The van der Waals surface area contributed by atoms with Gasteiger partial charge in [-0.2, -0.15) is 0 Å². The largest absolute Gasteiger partial charge is 0.325 e. The Morgan fingerprint density at radius 1 is 1.27 bits per heavy atom. The standard InChI is InChI=1S/C19H19N5O2/c1-2-23(17(25)15-13-22-11-6-10-20-19(22)21-15)16-9-12-24(18(16)26)14-7-4-3-5-8-14/h3-8,10-11,13,16H,2,9,12H2,1H3/t16-/m1/s1. The van der Waals surface area contributed by atoms with Gasteiger partial charge in [-0.15, -0.1) is 0 Å². The average Bonchev–Trinajstić information content (AvgIpc) is 3.27. The number of imidazole rings is 1. The van der Waals surface area contributed by atoms with Gasteiger partial charge in [0.05, 0.1) is 0 Å². The van der Waals surface area contributed by atoms with Crippen LogP contribution in [0.15, 0.2) is 55.0 Å². The van der Waals surface area contributed by atoms with E-state index < -0.39 is 6.04 Å². The molecule has 132 valence electrons. The Kier molecular flexibility index (Phi) is 4.12. The van der Waals surface area contributed by atoms with Crippen molar-refractivity contribution in [2.45, 2.75) is 19.4 Å². The fourth-order valence-corrected chi connectivity index (χ4v) is 3.40. The van der Waals surface area contributed by atoms with Gasteiger partial charge < -0.3 is 9.80 Å². The topological polar surface area (TPSA) is 70.8 Å². The molecule has 4 rings (SSSR count). The van der Waals surface area contributed by atoms with Crippen LogP contribution in [0.5, 0.6) is 0 Å². The van der Waals surface area contributed by atoms with Gasteiger partial charge in [-0.3, -0.25) is 14.0 Å². The van der Waals surface area contributed by atoms with Crippen LogP contribution < -0.4 is 4.90 Å². The minimum absolute atomic E-state index is 0.0479. The fraction of sp³-hybridized carbons (Fsp3) is 0.263. The molecule has 2 aromatic heterocycles. The molecular weight excluding hydrogens is 330 g/mol. The summed E-state index contributed by atoms with van der Waals surface area (Å²) in [7, 11) is 0. The van der Waals surface area contributed by atoms with Crippen LogP contribution in [0.25, 0.3) is 5.78 Å². The number of hydrogen-bond donors (Lipinski definition) is 0. The minimum atomic E-state index is -0.467. The highest BCUT2D eigenvalue weighted by Gasteiger charge is 2.38. The molecule has 0 N–H and O–H groups in total. The van der Waals surface area contributed by atoms with Crippen molar-refractivity contribution in [3.63, 3.8) is 0 Å². The number of carbonyl (C=O) groups is 2. The SMILES string of the molecule is CCN(C(=O)c1cn2cccnc2n1)[C@@H]1CCN(c2ccccc2)C1=O. The van der Waals surface area contributed by atoms with E-state index in [1.165, 1.54) is 0 Å². The van der Waals surface area contributed by atoms with Crippen molar-refractivity contribution in [2.24, 2.45) is 0 Å². The number of fused-ring (bicyclic) bond motifs is 1. The normalized spacial score (nSPS) is 17.0. The Morgan fingerprint density at radius 3 is 2.81 bits per heavy atom. The van der Waals surface area contributed by atoms with Crippen molar-refractivity contribution in [2.75, 3.05) is 18.0 Å². The van der Waals surface area contributed by atoms with Crippen molar-refractivity contribution < 1.29 is 9.59 Å². The molecular formula is C19H19N5O2. The summed E-state index contributed by atoms with van der Waals surface area (Å²) in [4.78, 5) is 37.7. The molecule has 0 bridgehead atoms. The summed E-state index contributed by atoms with van der Waals surface area (Å²) in [6, 6.07) is 10.9. The summed E-state index contributed by atoms with van der Waals surface area (Å²) in [5, 5.41) is 0. The quantitative estimate of drug-likeness (QED) is 0.722. The maximum atomic E-state index is 13.0. The van der Waals surface area contributed by atoms with Crippen molar-refractivity contribution >= 4 is 23.3 Å². The van der Waals surface area contributed by atoms with Crippen LogP contribution in [0, 0.1) is 0 Å². The molecule has 3 heterocycles. The molecule has 0 unspecified atom stereocenters. The summed E-state index contributed by atoms with van der Waals surface area (Å²) in [6.07, 6.45) is 5.69. The second-order valence-electron chi connectivity index (χ2n) is 6.17. The summed E-state index contributed by atoms with van der Waals surface area (Å²) in [6.45, 7) is 2.92. The Labute approximate surface area is 150 Å². The molecule has 0 aliphatic carbocycles. The number of rotatable bonds is 4. The second-order valence-corrected chi connectivity index (χ2v) is 6.17. The van der Waals surface area contributed by atoms with Crippen LogP contribution in [-0.2, 0) is 4.79 Å². The van der Waals surface area contributed by atoms with Crippen LogP contribution in [0.1, 0.15) is 23.8 Å². The average molecular weight is 349 g/mol. The predicted molar refractivity (Wildman–Crippen MR) is 96.9 cm³/mol. The lowest BCUT2D eigenvalue weighted by Gasteiger charge is -2.26.